The Labute approximate surface area is 108 Å². The van der Waals surface area contributed by atoms with Crippen LogP contribution in [0.25, 0.3) is 0 Å². The molecule has 0 aliphatic carbocycles. The van der Waals surface area contributed by atoms with E-state index >= 15 is 0 Å². The first kappa shape index (κ1) is 13.0. The van der Waals surface area contributed by atoms with Crippen molar-refractivity contribution in [3.8, 4) is 5.75 Å². The van der Waals surface area contributed by atoms with Gasteiger partial charge in [0, 0.05) is 6.92 Å². The van der Waals surface area contributed by atoms with Crippen LogP contribution >= 0.6 is 22.6 Å². The monoisotopic (exact) mass is 332 g/mol. The fourth-order valence-electron chi connectivity index (χ4n) is 1.07. The highest BCUT2D eigenvalue weighted by Gasteiger charge is 2.00. The van der Waals surface area contributed by atoms with Crippen LogP contribution in [0.5, 0.6) is 5.75 Å². The lowest BCUT2D eigenvalue weighted by molar-refractivity contribution is -0.118. The summed E-state index contributed by atoms with van der Waals surface area (Å²) in [5, 5.41) is 3.79. The molecule has 0 fully saturated rings. The van der Waals surface area contributed by atoms with Crippen molar-refractivity contribution in [3.63, 3.8) is 0 Å². The average molecular weight is 332 g/mol. The van der Waals surface area contributed by atoms with Gasteiger partial charge in [0.2, 0.25) is 5.91 Å². The van der Waals surface area contributed by atoms with Gasteiger partial charge in [-0.1, -0.05) is 0 Å². The minimum atomic E-state index is -0.183. The second kappa shape index (κ2) is 6.47. The molecule has 1 N–H and O–H groups in total. The molecule has 16 heavy (non-hydrogen) atoms. The Bertz CT molecular complexity index is 405. The molecule has 0 aromatic heterocycles. The van der Waals surface area contributed by atoms with Crippen molar-refractivity contribution in [3.05, 3.63) is 27.3 Å². The Morgan fingerprint density at radius 1 is 1.62 bits per heavy atom. The van der Waals surface area contributed by atoms with Gasteiger partial charge in [-0.25, -0.2) is 5.43 Å². The SMILES string of the molecule is CCOc1ccc(/C=N/NC(C)=O)cc1I. The summed E-state index contributed by atoms with van der Waals surface area (Å²) in [6.45, 7) is 4.01. The zero-order valence-electron chi connectivity index (χ0n) is 9.16. The topological polar surface area (TPSA) is 50.7 Å². The van der Waals surface area contributed by atoms with E-state index in [9.17, 15) is 4.79 Å². The molecule has 0 saturated carbocycles. The standard InChI is InChI=1S/C11H13IN2O2/c1-3-16-11-5-4-9(6-10(11)12)7-13-14-8(2)15/h4-7H,3H2,1-2H3,(H,14,15)/b13-7+. The minimum absolute atomic E-state index is 0.183. The average Bonchev–Trinajstić information content (AvgIpc) is 2.21. The lowest BCUT2D eigenvalue weighted by Crippen LogP contribution is -2.12. The fourth-order valence-corrected chi connectivity index (χ4v) is 1.76. The number of hydrogen-bond donors (Lipinski definition) is 1. The van der Waals surface area contributed by atoms with E-state index in [1.165, 1.54) is 6.92 Å². The summed E-state index contributed by atoms with van der Waals surface area (Å²) in [4.78, 5) is 10.6. The summed E-state index contributed by atoms with van der Waals surface area (Å²) in [7, 11) is 0. The van der Waals surface area contributed by atoms with Gasteiger partial charge in [-0.3, -0.25) is 4.79 Å². The van der Waals surface area contributed by atoms with Crippen molar-refractivity contribution in [2.24, 2.45) is 5.10 Å². The van der Waals surface area contributed by atoms with Crippen LogP contribution in [0, 0.1) is 3.57 Å². The van der Waals surface area contributed by atoms with Crippen molar-refractivity contribution >= 4 is 34.7 Å². The highest BCUT2D eigenvalue weighted by Crippen LogP contribution is 2.21. The molecule has 0 radical (unpaired) electrons. The van der Waals surface area contributed by atoms with Gasteiger partial charge in [0.05, 0.1) is 16.4 Å². The van der Waals surface area contributed by atoms with Crippen molar-refractivity contribution < 1.29 is 9.53 Å². The number of carbonyl (C=O) groups is 1. The van der Waals surface area contributed by atoms with Crippen LogP contribution in [0.1, 0.15) is 19.4 Å². The van der Waals surface area contributed by atoms with Crippen LogP contribution in [0.15, 0.2) is 23.3 Å². The van der Waals surface area contributed by atoms with Crippen LogP contribution < -0.4 is 10.2 Å². The van der Waals surface area contributed by atoms with Crippen molar-refractivity contribution in [2.45, 2.75) is 13.8 Å². The lowest BCUT2D eigenvalue weighted by Gasteiger charge is -2.05. The van der Waals surface area contributed by atoms with Crippen LogP contribution in [-0.4, -0.2) is 18.7 Å². The molecule has 0 spiro atoms. The molecule has 4 nitrogen and oxygen atoms in total. The van der Waals surface area contributed by atoms with Crippen LogP contribution in [0.3, 0.4) is 0 Å². The Balaban J connectivity index is 2.73. The number of benzene rings is 1. The molecule has 1 aromatic rings. The molecule has 0 bridgehead atoms. The highest BCUT2D eigenvalue weighted by molar-refractivity contribution is 14.1. The molecule has 1 amide bonds. The molecular weight excluding hydrogens is 319 g/mol. The molecule has 0 atom stereocenters. The quantitative estimate of drug-likeness (QED) is 0.522. The first-order chi connectivity index (χ1) is 7.63. The van der Waals surface area contributed by atoms with Gasteiger partial charge >= 0.3 is 0 Å². The van der Waals surface area contributed by atoms with Crippen molar-refractivity contribution in [1.29, 1.82) is 0 Å². The highest BCUT2D eigenvalue weighted by atomic mass is 127. The third-order valence-electron chi connectivity index (χ3n) is 1.69. The van der Waals surface area contributed by atoms with Gasteiger partial charge in [0.25, 0.3) is 0 Å². The number of hydrazone groups is 1. The maximum absolute atomic E-state index is 10.6. The predicted molar refractivity (Wildman–Crippen MR) is 71.7 cm³/mol. The maximum atomic E-state index is 10.6. The van der Waals surface area contributed by atoms with Crippen LogP contribution in [0.2, 0.25) is 0 Å². The normalized spacial score (nSPS) is 10.4. The van der Waals surface area contributed by atoms with E-state index in [1.54, 1.807) is 6.21 Å². The second-order valence-electron chi connectivity index (χ2n) is 3.05. The van der Waals surface area contributed by atoms with E-state index in [0.29, 0.717) is 6.61 Å². The minimum Gasteiger partial charge on any atom is -0.493 e. The number of hydrogen-bond acceptors (Lipinski definition) is 3. The lowest BCUT2D eigenvalue weighted by atomic mass is 10.2. The predicted octanol–water partition coefficient (Wildman–Crippen LogP) is 2.16. The van der Waals surface area contributed by atoms with Crippen molar-refractivity contribution in [2.75, 3.05) is 6.61 Å². The molecule has 0 saturated heterocycles. The summed E-state index contributed by atoms with van der Waals surface area (Å²) < 4.78 is 6.43. The summed E-state index contributed by atoms with van der Waals surface area (Å²) in [6, 6.07) is 5.72. The molecule has 0 heterocycles. The Morgan fingerprint density at radius 2 is 2.38 bits per heavy atom. The summed E-state index contributed by atoms with van der Waals surface area (Å²) >= 11 is 2.20. The van der Waals surface area contributed by atoms with E-state index in [-0.39, 0.29) is 5.91 Å². The molecule has 0 unspecified atom stereocenters. The largest absolute Gasteiger partial charge is 0.493 e. The summed E-state index contributed by atoms with van der Waals surface area (Å²) in [5.41, 5.74) is 3.27. The zero-order valence-corrected chi connectivity index (χ0v) is 11.3. The third kappa shape index (κ3) is 4.18. The first-order valence-electron chi connectivity index (χ1n) is 4.85. The number of halogens is 1. The van der Waals surface area contributed by atoms with E-state index in [1.807, 2.05) is 25.1 Å². The molecule has 5 heteroatoms. The van der Waals surface area contributed by atoms with Crippen LogP contribution in [-0.2, 0) is 4.79 Å². The Hall–Kier alpha value is -1.11. The molecular formula is C11H13IN2O2. The molecule has 0 aliphatic rings. The van der Waals surface area contributed by atoms with Gasteiger partial charge in [0.15, 0.2) is 0 Å². The molecule has 86 valence electrons. The van der Waals surface area contributed by atoms with Gasteiger partial charge in [-0.2, -0.15) is 5.10 Å². The van der Waals surface area contributed by atoms with Gasteiger partial charge < -0.3 is 4.74 Å². The Kier molecular flexibility index (Phi) is 5.24. The van der Waals surface area contributed by atoms with Gasteiger partial charge in [-0.05, 0) is 53.3 Å². The first-order valence-corrected chi connectivity index (χ1v) is 5.93. The van der Waals surface area contributed by atoms with E-state index in [0.717, 1.165) is 14.9 Å². The van der Waals surface area contributed by atoms with E-state index in [2.05, 4.69) is 33.1 Å². The summed E-state index contributed by atoms with van der Waals surface area (Å²) in [6.07, 6.45) is 1.60. The third-order valence-corrected chi connectivity index (χ3v) is 2.53. The molecule has 0 aliphatic heterocycles. The van der Waals surface area contributed by atoms with Crippen LogP contribution in [0.4, 0.5) is 0 Å². The molecule has 1 rings (SSSR count). The van der Waals surface area contributed by atoms with Gasteiger partial charge in [0.1, 0.15) is 5.75 Å². The van der Waals surface area contributed by atoms with E-state index < -0.39 is 0 Å². The maximum Gasteiger partial charge on any atom is 0.236 e. The number of nitrogens with one attached hydrogen (secondary N) is 1. The second-order valence-corrected chi connectivity index (χ2v) is 4.21. The molecule has 1 aromatic carbocycles. The number of rotatable bonds is 4. The number of nitrogens with zero attached hydrogens (tertiary/aromatic N) is 1. The zero-order chi connectivity index (χ0) is 12.0. The smallest absolute Gasteiger partial charge is 0.236 e. The fraction of sp³-hybridized carbons (Fsp3) is 0.273. The number of ether oxygens (including phenoxy) is 1. The number of amides is 1. The summed E-state index contributed by atoms with van der Waals surface area (Å²) in [5.74, 6) is 0.677. The Morgan fingerprint density at radius 3 is 2.94 bits per heavy atom. The van der Waals surface area contributed by atoms with Crippen molar-refractivity contribution in [1.82, 2.24) is 5.43 Å². The number of carbonyl (C=O) groups excluding carboxylic acids is 1. The van der Waals surface area contributed by atoms with E-state index in [4.69, 9.17) is 4.74 Å². The van der Waals surface area contributed by atoms with Gasteiger partial charge in [-0.15, -0.1) is 0 Å².